The average Bonchev–Trinajstić information content (AvgIpc) is 3.01. The number of esters is 3. The number of Topliss-reactive ketones (excluding diaryl/α,β-unsaturated/α-hetero) is 1. The lowest BCUT2D eigenvalue weighted by atomic mass is 9.44. The molecule has 2 N–H and O–H groups in total. The first-order valence-corrected chi connectivity index (χ1v) is 17.8. The van der Waals surface area contributed by atoms with Crippen LogP contribution in [0.25, 0.3) is 0 Å². The Kier molecular flexibility index (Phi) is 10.4. The second-order valence-electron chi connectivity index (χ2n) is 15.2. The number of ether oxygens (including phenoxy) is 6. The minimum absolute atomic E-state index is 0.0570. The Hall–Kier alpha value is -2.94. The lowest BCUT2D eigenvalue weighted by Crippen LogP contribution is -2.82. The molecule has 1 heterocycles. The summed E-state index contributed by atoms with van der Waals surface area (Å²) in [5, 5.41) is 24.7. The summed E-state index contributed by atoms with van der Waals surface area (Å²) in [5.74, 6) is -5.00. The summed E-state index contributed by atoms with van der Waals surface area (Å²) in [5.41, 5.74) is -9.07. The molecule has 1 aliphatic heterocycles. The Morgan fingerprint density at radius 1 is 0.962 bits per heavy atom. The normalized spacial score (nSPS) is 35.4. The van der Waals surface area contributed by atoms with Crippen LogP contribution in [0.3, 0.4) is 0 Å². The molecule has 0 radical (unpaired) electrons. The van der Waals surface area contributed by atoms with Crippen LogP contribution in [-0.4, -0.2) is 97.8 Å². The fourth-order valence-corrected chi connectivity index (χ4v) is 8.58. The van der Waals surface area contributed by atoms with Crippen LogP contribution in [0.1, 0.15) is 78.6 Å². The van der Waals surface area contributed by atoms with Crippen molar-refractivity contribution in [2.75, 3.05) is 6.61 Å². The van der Waals surface area contributed by atoms with Gasteiger partial charge in [0.05, 0.1) is 29.6 Å². The Balaban J connectivity index is 1.82. The zero-order valence-corrected chi connectivity index (χ0v) is 32.3. The zero-order chi connectivity index (χ0) is 39.0. The van der Waals surface area contributed by atoms with Crippen LogP contribution in [0.15, 0.2) is 41.5 Å². The highest BCUT2D eigenvalue weighted by atomic mass is 35.6. The first kappa shape index (κ1) is 40.2. The molecule has 13 nitrogen and oxygen atoms in total. The van der Waals surface area contributed by atoms with Crippen molar-refractivity contribution in [1.82, 2.24) is 0 Å². The minimum atomic E-state index is -2.26. The van der Waals surface area contributed by atoms with Crippen LogP contribution in [-0.2, 0) is 42.8 Å². The molecule has 2 saturated carbocycles. The Morgan fingerprint density at radius 3 is 2.10 bits per heavy atom. The van der Waals surface area contributed by atoms with Crippen molar-refractivity contribution in [3.63, 3.8) is 0 Å². The van der Waals surface area contributed by atoms with Gasteiger partial charge in [-0.25, -0.2) is 9.59 Å². The fourth-order valence-electron chi connectivity index (χ4n) is 8.46. The maximum atomic E-state index is 15.5. The van der Waals surface area contributed by atoms with E-state index in [1.54, 1.807) is 39.0 Å². The smallest absolute Gasteiger partial charge is 0.455 e. The lowest BCUT2D eigenvalue weighted by molar-refractivity contribution is -0.346. The summed E-state index contributed by atoms with van der Waals surface area (Å²) in [4.78, 5) is 68.7. The Labute approximate surface area is 316 Å². The van der Waals surface area contributed by atoms with Crippen molar-refractivity contribution in [2.24, 2.45) is 16.7 Å². The number of carbonyl (C=O) groups is 5. The molecule has 3 aliphatic carbocycles. The zero-order valence-electron chi connectivity index (χ0n) is 30.0. The Bertz CT molecular complexity index is 1690. The van der Waals surface area contributed by atoms with E-state index >= 15 is 4.79 Å². The van der Waals surface area contributed by atoms with E-state index in [0.717, 1.165) is 13.8 Å². The van der Waals surface area contributed by atoms with E-state index in [0.29, 0.717) is 0 Å². The van der Waals surface area contributed by atoms with Crippen LogP contribution in [0.5, 0.6) is 0 Å². The number of alkyl halides is 3. The molecule has 2 bridgehead atoms. The van der Waals surface area contributed by atoms with Gasteiger partial charge in [0.2, 0.25) is 3.79 Å². The summed E-state index contributed by atoms with van der Waals surface area (Å²) in [6.45, 7) is 10.6. The number of carbonyl (C=O) groups excluding carboxylic acids is 5. The summed E-state index contributed by atoms with van der Waals surface area (Å²) >= 11 is 18.2. The number of benzene rings is 1. The number of ketones is 1. The monoisotopic (exact) mass is 788 g/mol. The van der Waals surface area contributed by atoms with Gasteiger partial charge in [0.15, 0.2) is 23.1 Å². The van der Waals surface area contributed by atoms with Crippen molar-refractivity contribution >= 4 is 64.6 Å². The highest BCUT2D eigenvalue weighted by Gasteiger charge is 2.79. The molecule has 0 spiro atoms. The molecule has 3 fully saturated rings. The number of hydrogen-bond acceptors (Lipinski definition) is 13. The van der Waals surface area contributed by atoms with Gasteiger partial charge in [0, 0.05) is 32.1 Å². The van der Waals surface area contributed by atoms with E-state index in [9.17, 15) is 29.4 Å². The highest BCUT2D eigenvalue weighted by molar-refractivity contribution is 6.68. The molecule has 1 unspecified atom stereocenters. The van der Waals surface area contributed by atoms with Crippen LogP contribution in [0, 0.1) is 16.7 Å². The summed E-state index contributed by atoms with van der Waals surface area (Å²) in [6, 6.07) is 7.86. The number of aliphatic hydroxyl groups excluding tert-OH is 1. The van der Waals surface area contributed by atoms with Gasteiger partial charge in [0.25, 0.3) is 0 Å². The summed E-state index contributed by atoms with van der Waals surface area (Å²) in [6.07, 6.45) is -9.62. The van der Waals surface area contributed by atoms with Gasteiger partial charge < -0.3 is 38.6 Å². The van der Waals surface area contributed by atoms with Crippen LogP contribution in [0.2, 0.25) is 0 Å². The van der Waals surface area contributed by atoms with E-state index in [-0.39, 0.29) is 29.7 Å². The maximum absolute atomic E-state index is 15.5. The molecule has 0 aromatic heterocycles. The van der Waals surface area contributed by atoms with E-state index in [1.807, 2.05) is 0 Å². The number of hydrogen-bond donors (Lipinski definition) is 2. The Morgan fingerprint density at radius 2 is 1.58 bits per heavy atom. The van der Waals surface area contributed by atoms with Crippen molar-refractivity contribution < 1.29 is 62.6 Å². The van der Waals surface area contributed by atoms with Gasteiger partial charge in [-0.1, -0.05) is 66.8 Å². The van der Waals surface area contributed by atoms with Crippen molar-refractivity contribution in [3.05, 3.63) is 47.0 Å². The molecule has 0 amide bonds. The largest absolute Gasteiger partial charge is 0.509 e. The number of fused-ring (bicyclic) bond motifs is 5. The molecule has 9 atom stereocenters. The lowest BCUT2D eigenvalue weighted by Gasteiger charge is -2.67. The van der Waals surface area contributed by atoms with E-state index in [4.69, 9.17) is 63.2 Å². The molecular formula is C36H43Cl3O13. The van der Waals surface area contributed by atoms with Crippen molar-refractivity contribution in [1.29, 1.82) is 0 Å². The van der Waals surface area contributed by atoms with Gasteiger partial charge in [-0.3, -0.25) is 14.4 Å². The molecular weight excluding hydrogens is 747 g/mol. The van der Waals surface area contributed by atoms with Crippen LogP contribution < -0.4 is 0 Å². The van der Waals surface area contributed by atoms with Crippen LogP contribution >= 0.6 is 34.8 Å². The third-order valence-corrected chi connectivity index (χ3v) is 12.8. The van der Waals surface area contributed by atoms with E-state index in [2.05, 4.69) is 0 Å². The molecule has 286 valence electrons. The number of rotatable bonds is 6. The molecule has 16 heteroatoms. The van der Waals surface area contributed by atoms with Gasteiger partial charge in [-0.2, -0.15) is 0 Å². The van der Waals surface area contributed by atoms with E-state index in [1.165, 1.54) is 32.9 Å². The molecule has 4 aliphatic rings. The first-order chi connectivity index (χ1) is 23.8. The third kappa shape index (κ3) is 6.28. The second kappa shape index (κ2) is 13.4. The predicted octanol–water partition coefficient (Wildman–Crippen LogP) is 4.96. The predicted molar refractivity (Wildman–Crippen MR) is 184 cm³/mol. The molecule has 1 aromatic rings. The molecule has 1 aromatic carbocycles. The fraction of sp³-hybridized carbons (Fsp3) is 0.639. The van der Waals surface area contributed by atoms with Crippen molar-refractivity contribution in [2.45, 2.75) is 119 Å². The third-order valence-electron chi connectivity index (χ3n) is 11.4. The highest BCUT2D eigenvalue weighted by Crippen LogP contribution is 2.64. The van der Waals surface area contributed by atoms with E-state index < -0.39 is 104 Å². The molecule has 5 rings (SSSR count). The first-order valence-electron chi connectivity index (χ1n) is 16.7. The number of aliphatic hydroxyl groups is 2. The number of halogens is 3. The summed E-state index contributed by atoms with van der Waals surface area (Å²) in [7, 11) is 0. The summed E-state index contributed by atoms with van der Waals surface area (Å²) < 4.78 is 33.2. The standard InChI is InChI=1S/C36H43Cl3O13/c1-17-21(42)15-35(46)28(50-29(44)20-12-10-9-11-13-20)26-33(8,27(43)25(48-18(2)40)24(17)31(35,4)5)22(14-23-34(26,16-47-23)51-19(3)41)49-30(45)52-32(6,7)36(37,38)39/h9-13,21-23,25-26,28,42,46H,14-16H2,1-8H3/t21?,22-,23+,25+,26-,28-,33+,34-,35+/m0/s1. The maximum Gasteiger partial charge on any atom is 0.509 e. The van der Waals surface area contributed by atoms with Gasteiger partial charge >= 0.3 is 24.1 Å². The molecule has 1 saturated heterocycles. The van der Waals surface area contributed by atoms with Gasteiger partial charge in [0.1, 0.15) is 23.9 Å². The SMILES string of the molecule is CC(=O)O[C@H]1C(=O)[C@]2(C)[C@@H](OC(=O)OC(C)(C)C(Cl)(Cl)Cl)C[C@H]3OC[C@@]3(OC(C)=O)[C@H]2[C@H](OC(=O)c2ccccc2)[C@]2(O)CC(O)C(C)=C1C2(C)C. The van der Waals surface area contributed by atoms with Crippen LogP contribution in [0.4, 0.5) is 4.79 Å². The minimum Gasteiger partial charge on any atom is -0.455 e. The molecule has 52 heavy (non-hydrogen) atoms. The van der Waals surface area contributed by atoms with Gasteiger partial charge in [-0.15, -0.1) is 0 Å². The van der Waals surface area contributed by atoms with Crippen molar-refractivity contribution in [3.8, 4) is 0 Å². The van der Waals surface area contributed by atoms with Gasteiger partial charge in [-0.05, 0) is 51.0 Å². The quantitative estimate of drug-likeness (QED) is 0.171. The second-order valence-corrected chi connectivity index (χ2v) is 17.5. The topological polar surface area (TPSA) is 181 Å². The average molecular weight is 790 g/mol.